The van der Waals surface area contributed by atoms with Gasteiger partial charge in [0, 0.05) is 19.2 Å². The van der Waals surface area contributed by atoms with E-state index < -0.39 is 0 Å². The third-order valence-electron chi connectivity index (χ3n) is 6.87. The fourth-order valence-corrected chi connectivity index (χ4v) is 5.94. The first-order valence-corrected chi connectivity index (χ1v) is 10.00. The third kappa shape index (κ3) is 3.66. The van der Waals surface area contributed by atoms with Crippen molar-refractivity contribution in [2.24, 2.45) is 23.2 Å². The summed E-state index contributed by atoms with van der Waals surface area (Å²) in [7, 11) is 1.67. The van der Waals surface area contributed by atoms with Gasteiger partial charge < -0.3 is 14.7 Å². The molecule has 0 unspecified atom stereocenters. The summed E-state index contributed by atoms with van der Waals surface area (Å²) >= 11 is 0. The van der Waals surface area contributed by atoms with Gasteiger partial charge in [-0.2, -0.15) is 0 Å². The Hall–Kier alpha value is -2.11. The molecule has 146 valence electrons. The van der Waals surface area contributed by atoms with Crippen molar-refractivity contribution in [1.29, 1.82) is 0 Å². The molecule has 5 rings (SSSR count). The topological polar surface area (TPSA) is 75.4 Å². The number of likely N-dealkylation sites (N-methyl/N-ethyl adjacent to an activating group) is 1. The van der Waals surface area contributed by atoms with Crippen LogP contribution >= 0.6 is 0 Å². The van der Waals surface area contributed by atoms with Gasteiger partial charge in [-0.25, -0.2) is 0 Å². The lowest BCUT2D eigenvalue weighted by Gasteiger charge is -2.57. The average Bonchev–Trinajstić information content (AvgIpc) is 2.98. The minimum atomic E-state index is -0.278. The zero-order valence-electron chi connectivity index (χ0n) is 16.5. The van der Waals surface area contributed by atoms with E-state index in [9.17, 15) is 9.59 Å². The summed E-state index contributed by atoms with van der Waals surface area (Å²) in [5.41, 5.74) is 1.44. The van der Waals surface area contributed by atoms with Crippen LogP contribution in [0.5, 0.6) is 0 Å². The molecule has 1 aromatic rings. The number of anilines is 1. The Kier molecular flexibility index (Phi) is 4.60. The molecule has 1 aromatic heterocycles. The van der Waals surface area contributed by atoms with Crippen LogP contribution in [0.4, 0.5) is 5.82 Å². The summed E-state index contributed by atoms with van der Waals surface area (Å²) in [4.78, 5) is 26.3. The summed E-state index contributed by atoms with van der Waals surface area (Å²) in [6, 6.07) is 1.65. The number of rotatable bonds is 5. The molecular formula is C21H29N3O3. The smallest absolute Gasteiger partial charge is 0.246 e. The number of amides is 2. The molecule has 4 aliphatic rings. The number of nitrogens with zero attached hydrogens (tertiary/aromatic N) is 2. The van der Waals surface area contributed by atoms with E-state index in [2.05, 4.69) is 17.4 Å². The maximum Gasteiger partial charge on any atom is 0.246 e. The van der Waals surface area contributed by atoms with Crippen molar-refractivity contribution < 1.29 is 14.1 Å². The summed E-state index contributed by atoms with van der Waals surface area (Å²) in [6.45, 7) is 3.88. The molecule has 6 nitrogen and oxygen atoms in total. The maximum absolute atomic E-state index is 12.7. The van der Waals surface area contributed by atoms with Gasteiger partial charge in [0.15, 0.2) is 5.82 Å². The molecule has 0 saturated heterocycles. The Morgan fingerprint density at radius 2 is 1.85 bits per heavy atom. The molecule has 1 heterocycles. The first kappa shape index (κ1) is 18.3. The highest BCUT2D eigenvalue weighted by Gasteiger charge is 2.51. The molecule has 1 N–H and O–H groups in total. The number of hydrogen-bond acceptors (Lipinski definition) is 4. The van der Waals surface area contributed by atoms with E-state index in [0.29, 0.717) is 11.6 Å². The first-order valence-electron chi connectivity index (χ1n) is 10.00. The van der Waals surface area contributed by atoms with Gasteiger partial charge in [-0.05, 0) is 75.5 Å². The van der Waals surface area contributed by atoms with Crippen LogP contribution in [0.15, 0.2) is 22.2 Å². The number of carbonyl (C=O) groups excluding carboxylic acids is 2. The first-order chi connectivity index (χ1) is 12.8. The molecule has 2 amide bonds. The molecule has 4 bridgehead atoms. The van der Waals surface area contributed by atoms with E-state index in [0.717, 1.165) is 17.8 Å². The predicted octanol–water partition coefficient (Wildman–Crippen LogP) is 3.54. The minimum absolute atomic E-state index is 0.00457. The Morgan fingerprint density at radius 1 is 1.26 bits per heavy atom. The maximum atomic E-state index is 12.7. The van der Waals surface area contributed by atoms with Crippen LogP contribution in [0, 0.1) is 30.1 Å². The molecule has 4 saturated carbocycles. The van der Waals surface area contributed by atoms with E-state index in [1.165, 1.54) is 49.0 Å². The average molecular weight is 371 g/mol. The molecule has 0 aromatic carbocycles. The molecule has 0 spiro atoms. The molecule has 0 radical (unpaired) electrons. The quantitative estimate of drug-likeness (QED) is 0.803. The highest BCUT2D eigenvalue weighted by molar-refractivity contribution is 5.96. The number of nitrogens with one attached hydrogen (secondary N) is 1. The summed E-state index contributed by atoms with van der Waals surface area (Å²) in [5, 5.41) is 6.39. The fraction of sp³-hybridized carbons (Fsp3) is 0.667. The standard InChI is InChI=1S/C21H29N3O3/c1-13(21-9-15-6-16(10-21)8-17(7-15)11-21)4-20(26)24(3)12-19(25)22-18-5-14(2)27-23-18/h4-5,15-17H,6-12H2,1-3H3,(H,22,23,25). The van der Waals surface area contributed by atoms with E-state index in [-0.39, 0.29) is 23.8 Å². The van der Waals surface area contributed by atoms with Gasteiger partial charge in [0.05, 0.1) is 6.54 Å². The van der Waals surface area contributed by atoms with Crippen LogP contribution in [0.25, 0.3) is 0 Å². The monoisotopic (exact) mass is 371 g/mol. The van der Waals surface area contributed by atoms with Crippen molar-refractivity contribution in [2.75, 3.05) is 18.9 Å². The lowest BCUT2D eigenvalue weighted by Crippen LogP contribution is -2.46. The molecule has 0 aliphatic heterocycles. The number of carbonyl (C=O) groups is 2. The van der Waals surface area contributed by atoms with Gasteiger partial charge in [0.25, 0.3) is 0 Å². The van der Waals surface area contributed by atoms with Crippen molar-refractivity contribution >= 4 is 17.6 Å². The van der Waals surface area contributed by atoms with Crippen molar-refractivity contribution in [3.63, 3.8) is 0 Å². The van der Waals surface area contributed by atoms with E-state index in [1.807, 2.05) is 0 Å². The van der Waals surface area contributed by atoms with Crippen LogP contribution < -0.4 is 5.32 Å². The fourth-order valence-electron chi connectivity index (χ4n) is 5.94. The van der Waals surface area contributed by atoms with Gasteiger partial charge in [-0.3, -0.25) is 9.59 Å². The van der Waals surface area contributed by atoms with Crippen molar-refractivity contribution in [3.8, 4) is 0 Å². The van der Waals surface area contributed by atoms with E-state index in [1.54, 1.807) is 26.1 Å². The largest absolute Gasteiger partial charge is 0.360 e. The second-order valence-electron chi connectivity index (χ2n) is 9.09. The third-order valence-corrected chi connectivity index (χ3v) is 6.87. The van der Waals surface area contributed by atoms with Gasteiger partial charge in [-0.15, -0.1) is 0 Å². The van der Waals surface area contributed by atoms with Gasteiger partial charge in [-0.1, -0.05) is 10.7 Å². The van der Waals surface area contributed by atoms with Crippen LogP contribution in [-0.4, -0.2) is 35.5 Å². The highest BCUT2D eigenvalue weighted by atomic mass is 16.5. The normalized spacial score (nSPS) is 31.8. The molecular weight excluding hydrogens is 342 g/mol. The van der Waals surface area contributed by atoms with Crippen LogP contribution in [0.1, 0.15) is 51.2 Å². The predicted molar refractivity (Wildman–Crippen MR) is 102 cm³/mol. The Labute approximate surface area is 160 Å². The number of aromatic nitrogens is 1. The van der Waals surface area contributed by atoms with Crippen molar-refractivity contribution in [2.45, 2.75) is 52.4 Å². The SMILES string of the molecule is CC(=CC(=O)N(C)CC(=O)Nc1cc(C)on1)C12CC3CC(CC(C3)C1)C2. The molecule has 4 fully saturated rings. The number of aryl methyl sites for hydroxylation is 1. The molecule has 6 heteroatoms. The summed E-state index contributed by atoms with van der Waals surface area (Å²) < 4.78 is 4.93. The van der Waals surface area contributed by atoms with Crippen LogP contribution in [0.3, 0.4) is 0 Å². The summed E-state index contributed by atoms with van der Waals surface area (Å²) in [6.07, 6.45) is 9.67. The Bertz CT molecular complexity index is 744. The Morgan fingerprint density at radius 3 is 2.37 bits per heavy atom. The van der Waals surface area contributed by atoms with Crippen molar-refractivity contribution in [3.05, 3.63) is 23.5 Å². The molecule has 0 atom stereocenters. The summed E-state index contributed by atoms with van der Waals surface area (Å²) in [5.74, 6) is 3.18. The molecule has 27 heavy (non-hydrogen) atoms. The van der Waals surface area contributed by atoms with E-state index >= 15 is 0 Å². The Balaban J connectivity index is 1.38. The lowest BCUT2D eigenvalue weighted by molar-refractivity contribution is -0.129. The van der Waals surface area contributed by atoms with Gasteiger partial charge >= 0.3 is 0 Å². The second kappa shape index (κ2) is 6.80. The van der Waals surface area contributed by atoms with E-state index in [4.69, 9.17) is 4.52 Å². The van der Waals surface area contributed by atoms with Crippen LogP contribution in [-0.2, 0) is 9.59 Å². The van der Waals surface area contributed by atoms with Gasteiger partial charge in [0.1, 0.15) is 5.76 Å². The van der Waals surface area contributed by atoms with Crippen molar-refractivity contribution in [1.82, 2.24) is 10.1 Å². The zero-order chi connectivity index (χ0) is 19.2. The highest BCUT2D eigenvalue weighted by Crippen LogP contribution is 2.62. The van der Waals surface area contributed by atoms with Gasteiger partial charge in [0.2, 0.25) is 11.8 Å². The zero-order valence-corrected chi connectivity index (χ0v) is 16.5. The second-order valence-corrected chi connectivity index (χ2v) is 9.09. The van der Waals surface area contributed by atoms with Crippen LogP contribution in [0.2, 0.25) is 0 Å². The number of allylic oxidation sites excluding steroid dienone is 1. The number of hydrogen-bond donors (Lipinski definition) is 1. The molecule has 4 aliphatic carbocycles. The minimum Gasteiger partial charge on any atom is -0.360 e. The lowest BCUT2D eigenvalue weighted by atomic mass is 9.48.